The highest BCUT2D eigenvalue weighted by Crippen LogP contribution is 2.27. The summed E-state index contributed by atoms with van der Waals surface area (Å²) in [6, 6.07) is 1.95. The van der Waals surface area contributed by atoms with Crippen LogP contribution < -0.4 is 11.1 Å². The molecule has 8 nitrogen and oxygen atoms in total. The maximum Gasteiger partial charge on any atom is 0.236 e. The second-order valence-electron chi connectivity index (χ2n) is 6.35. The summed E-state index contributed by atoms with van der Waals surface area (Å²) in [6.07, 6.45) is 2.49. The van der Waals surface area contributed by atoms with E-state index in [1.807, 2.05) is 17.9 Å². The second-order valence-corrected chi connectivity index (χ2v) is 6.35. The second kappa shape index (κ2) is 8.55. The third-order valence-corrected chi connectivity index (χ3v) is 4.34. The van der Waals surface area contributed by atoms with Crippen LogP contribution in [0.25, 0.3) is 0 Å². The smallest absolute Gasteiger partial charge is 0.236 e. The SMILES string of the molecule is CC(=O)N1CCC(c2cc(CCC(=O)NCC(N)=O)nc(C)n2)CC1. The standard InChI is InChI=1S/C17H25N5O3/c1-11-20-14(3-4-17(25)19-10-16(18)24)9-15(21-11)13-5-7-22(8-6-13)12(2)23/h9,13H,3-8,10H2,1-2H3,(H2,18,24)(H,19,25). The monoisotopic (exact) mass is 347 g/mol. The molecule has 0 spiro atoms. The Morgan fingerprint density at radius 3 is 2.56 bits per heavy atom. The summed E-state index contributed by atoms with van der Waals surface area (Å²) in [7, 11) is 0. The topological polar surface area (TPSA) is 118 Å². The zero-order valence-corrected chi connectivity index (χ0v) is 14.7. The number of hydrogen-bond donors (Lipinski definition) is 2. The molecule has 0 aromatic carbocycles. The fraction of sp³-hybridized carbons (Fsp3) is 0.588. The summed E-state index contributed by atoms with van der Waals surface area (Å²) < 4.78 is 0. The molecule has 0 saturated carbocycles. The first-order valence-corrected chi connectivity index (χ1v) is 8.50. The van der Waals surface area contributed by atoms with E-state index >= 15 is 0 Å². The van der Waals surface area contributed by atoms with Crippen molar-refractivity contribution in [3.05, 3.63) is 23.3 Å². The highest BCUT2D eigenvalue weighted by Gasteiger charge is 2.23. The van der Waals surface area contributed by atoms with Gasteiger partial charge in [0.15, 0.2) is 0 Å². The van der Waals surface area contributed by atoms with E-state index in [-0.39, 0.29) is 24.8 Å². The number of nitrogens with two attached hydrogens (primary N) is 1. The van der Waals surface area contributed by atoms with Crippen molar-refractivity contribution in [2.24, 2.45) is 5.73 Å². The lowest BCUT2D eigenvalue weighted by Gasteiger charge is -2.31. The van der Waals surface area contributed by atoms with Crippen molar-refractivity contribution >= 4 is 17.7 Å². The van der Waals surface area contributed by atoms with Crippen LogP contribution in [-0.4, -0.2) is 52.2 Å². The van der Waals surface area contributed by atoms with E-state index in [4.69, 9.17) is 5.73 Å². The summed E-state index contributed by atoms with van der Waals surface area (Å²) in [5.41, 5.74) is 6.79. The number of carbonyl (C=O) groups is 3. The number of primary amides is 1. The summed E-state index contributed by atoms with van der Waals surface area (Å²) in [4.78, 5) is 44.6. The Hall–Kier alpha value is -2.51. The maximum atomic E-state index is 11.7. The van der Waals surface area contributed by atoms with Crippen molar-refractivity contribution in [1.82, 2.24) is 20.2 Å². The van der Waals surface area contributed by atoms with Crippen LogP contribution in [0, 0.1) is 6.92 Å². The Balaban J connectivity index is 1.95. The first kappa shape index (κ1) is 18.8. The van der Waals surface area contributed by atoms with Crippen molar-refractivity contribution in [3.63, 3.8) is 0 Å². The van der Waals surface area contributed by atoms with E-state index in [1.54, 1.807) is 6.92 Å². The molecule has 1 saturated heterocycles. The zero-order valence-electron chi connectivity index (χ0n) is 14.7. The number of hydrogen-bond acceptors (Lipinski definition) is 5. The van der Waals surface area contributed by atoms with E-state index in [2.05, 4.69) is 15.3 Å². The fourth-order valence-electron chi connectivity index (χ4n) is 3.00. The normalized spacial score (nSPS) is 15.0. The van der Waals surface area contributed by atoms with Gasteiger partial charge in [0.05, 0.1) is 6.54 Å². The molecule has 0 aliphatic carbocycles. The zero-order chi connectivity index (χ0) is 18.4. The largest absolute Gasteiger partial charge is 0.368 e. The molecular formula is C17H25N5O3. The van der Waals surface area contributed by atoms with Gasteiger partial charge in [0, 0.05) is 43.7 Å². The number of nitrogens with one attached hydrogen (secondary N) is 1. The van der Waals surface area contributed by atoms with E-state index in [0.717, 1.165) is 37.3 Å². The highest BCUT2D eigenvalue weighted by atomic mass is 16.2. The molecule has 0 radical (unpaired) electrons. The van der Waals surface area contributed by atoms with Crippen LogP contribution in [0.15, 0.2) is 6.07 Å². The van der Waals surface area contributed by atoms with Gasteiger partial charge in [-0.3, -0.25) is 14.4 Å². The van der Waals surface area contributed by atoms with Crippen LogP contribution in [-0.2, 0) is 20.8 Å². The van der Waals surface area contributed by atoms with Crippen molar-refractivity contribution in [2.75, 3.05) is 19.6 Å². The molecule has 3 N–H and O–H groups in total. The van der Waals surface area contributed by atoms with Crippen LogP contribution >= 0.6 is 0 Å². The number of aromatic nitrogens is 2. The number of nitrogens with zero attached hydrogens (tertiary/aromatic N) is 3. The summed E-state index contributed by atoms with van der Waals surface area (Å²) in [5, 5.41) is 2.47. The lowest BCUT2D eigenvalue weighted by molar-refractivity contribution is -0.129. The van der Waals surface area contributed by atoms with Crippen LogP contribution in [0.4, 0.5) is 0 Å². The highest BCUT2D eigenvalue weighted by molar-refractivity contribution is 5.83. The lowest BCUT2D eigenvalue weighted by atomic mass is 9.92. The van der Waals surface area contributed by atoms with E-state index in [1.165, 1.54) is 0 Å². The van der Waals surface area contributed by atoms with E-state index in [9.17, 15) is 14.4 Å². The molecule has 0 bridgehead atoms. The third kappa shape index (κ3) is 5.81. The Kier molecular flexibility index (Phi) is 6.44. The Morgan fingerprint density at radius 1 is 1.28 bits per heavy atom. The van der Waals surface area contributed by atoms with Gasteiger partial charge in [-0.05, 0) is 32.3 Å². The number of piperidine rings is 1. The summed E-state index contributed by atoms with van der Waals surface area (Å²) >= 11 is 0. The molecule has 3 amide bonds. The average molecular weight is 347 g/mol. The van der Waals surface area contributed by atoms with Crippen LogP contribution in [0.1, 0.15) is 49.3 Å². The van der Waals surface area contributed by atoms with Gasteiger partial charge >= 0.3 is 0 Å². The van der Waals surface area contributed by atoms with Crippen LogP contribution in [0.5, 0.6) is 0 Å². The molecule has 1 fully saturated rings. The summed E-state index contributed by atoms with van der Waals surface area (Å²) in [6.45, 7) is 4.77. The van der Waals surface area contributed by atoms with Gasteiger partial charge in [-0.1, -0.05) is 0 Å². The molecule has 1 aromatic rings. The molecular weight excluding hydrogens is 322 g/mol. The van der Waals surface area contributed by atoms with Gasteiger partial charge in [-0.25, -0.2) is 9.97 Å². The first-order chi connectivity index (χ1) is 11.8. The van der Waals surface area contributed by atoms with Gasteiger partial charge < -0.3 is 16.0 Å². The molecule has 0 atom stereocenters. The van der Waals surface area contributed by atoms with Crippen molar-refractivity contribution < 1.29 is 14.4 Å². The van der Waals surface area contributed by atoms with E-state index < -0.39 is 5.91 Å². The average Bonchev–Trinajstić information content (AvgIpc) is 2.57. The molecule has 25 heavy (non-hydrogen) atoms. The molecule has 1 aliphatic rings. The number of carbonyl (C=O) groups excluding carboxylic acids is 3. The van der Waals surface area contributed by atoms with Crippen molar-refractivity contribution in [2.45, 2.75) is 45.4 Å². The minimum atomic E-state index is -0.564. The summed E-state index contributed by atoms with van der Waals surface area (Å²) in [5.74, 6) is 0.301. The predicted molar refractivity (Wildman–Crippen MR) is 91.5 cm³/mol. The van der Waals surface area contributed by atoms with Gasteiger partial charge in [-0.2, -0.15) is 0 Å². The number of rotatable bonds is 6. The molecule has 1 aliphatic heterocycles. The molecule has 2 rings (SSSR count). The van der Waals surface area contributed by atoms with Gasteiger partial charge in [0.2, 0.25) is 17.7 Å². The molecule has 8 heteroatoms. The lowest BCUT2D eigenvalue weighted by Crippen LogP contribution is -2.36. The third-order valence-electron chi connectivity index (χ3n) is 4.34. The maximum absolute atomic E-state index is 11.7. The minimum absolute atomic E-state index is 0.111. The van der Waals surface area contributed by atoms with Crippen LogP contribution in [0.3, 0.4) is 0 Å². The van der Waals surface area contributed by atoms with Gasteiger partial charge in [-0.15, -0.1) is 0 Å². The Bertz CT molecular complexity index is 654. The van der Waals surface area contributed by atoms with Crippen molar-refractivity contribution in [3.8, 4) is 0 Å². The molecule has 2 heterocycles. The number of likely N-dealkylation sites (tertiary alicyclic amines) is 1. The quantitative estimate of drug-likeness (QED) is 0.753. The fourth-order valence-corrected chi connectivity index (χ4v) is 3.00. The molecule has 0 unspecified atom stereocenters. The molecule has 136 valence electrons. The minimum Gasteiger partial charge on any atom is -0.368 e. The van der Waals surface area contributed by atoms with Crippen LogP contribution in [0.2, 0.25) is 0 Å². The predicted octanol–water partition coefficient (Wildman–Crippen LogP) is 0.0450. The molecule has 1 aromatic heterocycles. The Labute approximate surface area is 147 Å². The van der Waals surface area contributed by atoms with Gasteiger partial charge in [0.1, 0.15) is 5.82 Å². The number of amides is 3. The van der Waals surface area contributed by atoms with Gasteiger partial charge in [0.25, 0.3) is 0 Å². The first-order valence-electron chi connectivity index (χ1n) is 8.50. The number of aryl methyl sites for hydroxylation is 2. The Morgan fingerprint density at radius 2 is 1.96 bits per heavy atom. The van der Waals surface area contributed by atoms with Crippen molar-refractivity contribution in [1.29, 1.82) is 0 Å². The van der Waals surface area contributed by atoms with E-state index in [0.29, 0.717) is 18.2 Å².